The van der Waals surface area contributed by atoms with Gasteiger partial charge in [0.25, 0.3) is 5.91 Å². The normalized spacial score (nSPS) is 12.5. The predicted octanol–water partition coefficient (Wildman–Crippen LogP) is 5.69. The lowest BCUT2D eigenvalue weighted by atomic mass is 10.0. The van der Waals surface area contributed by atoms with Gasteiger partial charge in [0, 0.05) is 23.5 Å². The first-order valence-corrected chi connectivity index (χ1v) is 12.7. The fourth-order valence-electron chi connectivity index (χ4n) is 3.76. The molecule has 0 saturated heterocycles. The van der Waals surface area contributed by atoms with Crippen molar-refractivity contribution in [2.75, 3.05) is 6.61 Å². The summed E-state index contributed by atoms with van der Waals surface area (Å²) in [6.07, 6.45) is 1.22. The van der Waals surface area contributed by atoms with Crippen LogP contribution in [-0.4, -0.2) is 35.4 Å². The molecule has 6 heteroatoms. The van der Waals surface area contributed by atoms with E-state index in [1.54, 1.807) is 4.90 Å². The summed E-state index contributed by atoms with van der Waals surface area (Å²) in [6.45, 7) is 6.11. The van der Waals surface area contributed by atoms with E-state index < -0.39 is 6.04 Å². The van der Waals surface area contributed by atoms with Crippen molar-refractivity contribution >= 4 is 27.7 Å². The largest absolute Gasteiger partial charge is 0.484 e. The Hall–Kier alpha value is -3.12. The minimum absolute atomic E-state index is 0.00661. The van der Waals surface area contributed by atoms with Crippen molar-refractivity contribution in [2.45, 2.75) is 52.2 Å². The highest BCUT2D eigenvalue weighted by atomic mass is 79.9. The number of nitrogens with zero attached hydrogens (tertiary/aromatic N) is 1. The molecule has 5 nitrogen and oxygen atoms in total. The van der Waals surface area contributed by atoms with Gasteiger partial charge in [0.1, 0.15) is 11.8 Å². The second kappa shape index (κ2) is 13.1. The third-order valence-electron chi connectivity index (χ3n) is 5.87. The van der Waals surface area contributed by atoms with E-state index in [2.05, 4.69) is 21.2 Å². The van der Waals surface area contributed by atoms with Crippen LogP contribution in [0.25, 0.3) is 0 Å². The van der Waals surface area contributed by atoms with Gasteiger partial charge >= 0.3 is 0 Å². The van der Waals surface area contributed by atoms with Crippen molar-refractivity contribution in [3.05, 3.63) is 100 Å². The van der Waals surface area contributed by atoms with E-state index in [4.69, 9.17) is 4.74 Å². The highest BCUT2D eigenvalue weighted by Crippen LogP contribution is 2.19. The zero-order valence-corrected chi connectivity index (χ0v) is 22.1. The number of hydrogen-bond donors (Lipinski definition) is 1. The molecule has 0 aromatic heterocycles. The number of hydrogen-bond acceptors (Lipinski definition) is 3. The Bertz CT molecular complexity index is 1120. The van der Waals surface area contributed by atoms with Gasteiger partial charge in [0.2, 0.25) is 5.91 Å². The Kier molecular flexibility index (Phi) is 9.91. The van der Waals surface area contributed by atoms with Crippen LogP contribution in [0.15, 0.2) is 83.3 Å². The van der Waals surface area contributed by atoms with Gasteiger partial charge in [-0.25, -0.2) is 0 Å². The van der Waals surface area contributed by atoms with E-state index in [0.29, 0.717) is 18.7 Å². The zero-order chi connectivity index (χ0) is 25.2. The Balaban J connectivity index is 1.91. The average molecular weight is 537 g/mol. The number of amides is 2. The van der Waals surface area contributed by atoms with E-state index in [-0.39, 0.29) is 24.5 Å². The maximum atomic E-state index is 13.6. The number of carbonyl (C=O) groups is 2. The molecule has 0 radical (unpaired) electrons. The van der Waals surface area contributed by atoms with Crippen LogP contribution in [-0.2, 0) is 22.6 Å². The van der Waals surface area contributed by atoms with Crippen molar-refractivity contribution in [3.63, 3.8) is 0 Å². The monoisotopic (exact) mass is 536 g/mol. The summed E-state index contributed by atoms with van der Waals surface area (Å²) in [7, 11) is 0. The Morgan fingerprint density at radius 2 is 1.69 bits per heavy atom. The molecule has 0 aliphatic carbocycles. The van der Waals surface area contributed by atoms with Crippen molar-refractivity contribution < 1.29 is 14.3 Å². The molecule has 184 valence electrons. The predicted molar refractivity (Wildman–Crippen MR) is 143 cm³/mol. The fraction of sp³-hybridized carbons (Fsp3) is 0.310. The van der Waals surface area contributed by atoms with E-state index in [0.717, 1.165) is 27.6 Å². The number of aryl methyl sites for hydroxylation is 1. The summed E-state index contributed by atoms with van der Waals surface area (Å²) in [5.74, 6) is 0.221. The third-order valence-corrected chi connectivity index (χ3v) is 6.36. The van der Waals surface area contributed by atoms with E-state index in [1.165, 1.54) is 0 Å². The van der Waals surface area contributed by atoms with Gasteiger partial charge in [-0.15, -0.1) is 0 Å². The molecule has 3 rings (SSSR count). The number of benzene rings is 3. The maximum absolute atomic E-state index is 13.6. The lowest BCUT2D eigenvalue weighted by Crippen LogP contribution is -2.53. The molecule has 2 atom stereocenters. The lowest BCUT2D eigenvalue weighted by molar-refractivity contribution is -0.143. The lowest BCUT2D eigenvalue weighted by Gasteiger charge is -2.32. The number of rotatable bonds is 11. The molecule has 3 aromatic carbocycles. The molecule has 0 spiro atoms. The van der Waals surface area contributed by atoms with E-state index in [9.17, 15) is 9.59 Å². The first kappa shape index (κ1) is 26.5. The highest BCUT2D eigenvalue weighted by molar-refractivity contribution is 9.10. The van der Waals surface area contributed by atoms with Crippen LogP contribution in [0.4, 0.5) is 0 Å². The SMILES string of the molecule is CCC(C)NC(=O)C(Cc1ccccc1)N(Cc1cccc(Br)c1)C(=O)COc1cccc(C)c1. The van der Waals surface area contributed by atoms with Gasteiger partial charge < -0.3 is 15.0 Å². The van der Waals surface area contributed by atoms with Crippen LogP contribution in [0.2, 0.25) is 0 Å². The minimum atomic E-state index is -0.681. The molecule has 2 unspecified atom stereocenters. The molecular formula is C29H33BrN2O3. The van der Waals surface area contributed by atoms with Crippen molar-refractivity contribution in [1.29, 1.82) is 0 Å². The molecular weight excluding hydrogens is 504 g/mol. The van der Waals surface area contributed by atoms with Gasteiger partial charge in [-0.2, -0.15) is 0 Å². The molecule has 2 amide bonds. The standard InChI is InChI=1S/C29H33BrN2O3/c1-4-22(3)31-29(34)27(18-23-11-6-5-7-12-23)32(19-24-13-9-14-25(30)17-24)28(33)20-35-26-15-8-10-21(2)16-26/h5-17,22,27H,4,18-20H2,1-3H3,(H,31,34). The van der Waals surface area contributed by atoms with E-state index in [1.807, 2.05) is 99.6 Å². The zero-order valence-electron chi connectivity index (χ0n) is 20.5. The van der Waals surface area contributed by atoms with Gasteiger partial charge in [-0.1, -0.05) is 77.5 Å². The second-order valence-corrected chi connectivity index (χ2v) is 9.70. The molecule has 35 heavy (non-hydrogen) atoms. The number of nitrogens with one attached hydrogen (secondary N) is 1. The smallest absolute Gasteiger partial charge is 0.261 e. The summed E-state index contributed by atoms with van der Waals surface area (Å²) in [5, 5.41) is 3.08. The summed E-state index contributed by atoms with van der Waals surface area (Å²) in [4.78, 5) is 28.7. The van der Waals surface area contributed by atoms with Crippen LogP contribution < -0.4 is 10.1 Å². The van der Waals surface area contributed by atoms with Crippen LogP contribution >= 0.6 is 15.9 Å². The first-order valence-electron chi connectivity index (χ1n) is 11.9. The minimum Gasteiger partial charge on any atom is -0.484 e. The van der Waals surface area contributed by atoms with Crippen molar-refractivity contribution in [2.24, 2.45) is 0 Å². The van der Waals surface area contributed by atoms with Gasteiger partial charge in [0.15, 0.2) is 6.61 Å². The van der Waals surface area contributed by atoms with Crippen LogP contribution in [0, 0.1) is 6.92 Å². The molecule has 0 saturated carbocycles. The first-order chi connectivity index (χ1) is 16.9. The Morgan fingerprint density at radius 1 is 0.971 bits per heavy atom. The maximum Gasteiger partial charge on any atom is 0.261 e. The molecule has 0 bridgehead atoms. The Labute approximate surface area is 216 Å². The molecule has 0 heterocycles. The highest BCUT2D eigenvalue weighted by Gasteiger charge is 2.31. The van der Waals surface area contributed by atoms with Crippen LogP contribution in [0.3, 0.4) is 0 Å². The summed E-state index contributed by atoms with van der Waals surface area (Å²) in [5.41, 5.74) is 2.97. The summed E-state index contributed by atoms with van der Waals surface area (Å²) >= 11 is 3.51. The van der Waals surface area contributed by atoms with Crippen molar-refractivity contribution in [1.82, 2.24) is 10.2 Å². The van der Waals surface area contributed by atoms with Gasteiger partial charge in [0.05, 0.1) is 0 Å². The van der Waals surface area contributed by atoms with Crippen molar-refractivity contribution in [3.8, 4) is 5.75 Å². The Morgan fingerprint density at radius 3 is 2.37 bits per heavy atom. The molecule has 3 aromatic rings. The molecule has 0 aliphatic heterocycles. The number of carbonyl (C=O) groups excluding carboxylic acids is 2. The molecule has 0 aliphatic rings. The number of ether oxygens (including phenoxy) is 1. The van der Waals surface area contributed by atoms with Crippen LogP contribution in [0.5, 0.6) is 5.75 Å². The molecule has 1 N–H and O–H groups in total. The second-order valence-electron chi connectivity index (χ2n) is 8.78. The quantitative estimate of drug-likeness (QED) is 0.342. The molecule has 0 fully saturated rings. The number of halogens is 1. The average Bonchev–Trinajstić information content (AvgIpc) is 2.85. The third kappa shape index (κ3) is 8.25. The summed E-state index contributed by atoms with van der Waals surface area (Å²) in [6, 6.07) is 24.5. The van der Waals surface area contributed by atoms with Gasteiger partial charge in [-0.3, -0.25) is 9.59 Å². The summed E-state index contributed by atoms with van der Waals surface area (Å²) < 4.78 is 6.76. The topological polar surface area (TPSA) is 58.6 Å². The van der Waals surface area contributed by atoms with Gasteiger partial charge in [-0.05, 0) is 61.2 Å². The van der Waals surface area contributed by atoms with E-state index >= 15 is 0 Å². The fourth-order valence-corrected chi connectivity index (χ4v) is 4.21. The van der Waals surface area contributed by atoms with Crippen LogP contribution in [0.1, 0.15) is 37.0 Å².